The standard InChI is InChI=1S/C47H88N4O6/c1-6-8-10-12-14-16-18-20-22-24-26-28-30-32-34-51(35-33-31-29-27-25-23-21-19-17-15-13-11-9-7-2)44(52)40-55-36-37-56-45(53)43(38-42-39-48-41-49-42)50-46(54)57-47(3,4)5/h39,41,43H,6-38,40H2,1-5H3,(H,48,49)(H,50,54). The summed E-state index contributed by atoms with van der Waals surface area (Å²) >= 11 is 0. The van der Waals surface area contributed by atoms with Crippen LogP contribution in [0, 0.1) is 0 Å². The number of ether oxygens (including phenoxy) is 3. The molecule has 1 rings (SSSR count). The van der Waals surface area contributed by atoms with Crippen LogP contribution in [0.15, 0.2) is 12.5 Å². The van der Waals surface area contributed by atoms with Crippen LogP contribution in [0.25, 0.3) is 0 Å². The molecule has 1 aromatic rings. The molecule has 0 fully saturated rings. The number of nitrogens with one attached hydrogen (secondary N) is 2. The van der Waals surface area contributed by atoms with Crippen molar-refractivity contribution >= 4 is 18.0 Å². The summed E-state index contributed by atoms with van der Waals surface area (Å²) in [5.74, 6) is -0.614. The fourth-order valence-corrected chi connectivity index (χ4v) is 7.17. The molecule has 1 unspecified atom stereocenters. The largest absolute Gasteiger partial charge is 0.462 e. The van der Waals surface area contributed by atoms with Gasteiger partial charge in [-0.3, -0.25) is 4.79 Å². The Morgan fingerprint density at radius 2 is 1.07 bits per heavy atom. The minimum atomic E-state index is -0.965. The van der Waals surface area contributed by atoms with Crippen LogP contribution in [0.3, 0.4) is 0 Å². The molecule has 0 bridgehead atoms. The van der Waals surface area contributed by atoms with Crippen molar-refractivity contribution in [3.8, 4) is 0 Å². The van der Waals surface area contributed by atoms with Crippen molar-refractivity contribution in [1.29, 1.82) is 0 Å². The summed E-state index contributed by atoms with van der Waals surface area (Å²) in [6.45, 7) is 11.4. The number of unbranched alkanes of at least 4 members (excludes halogenated alkanes) is 26. The number of rotatable bonds is 39. The van der Waals surface area contributed by atoms with E-state index in [2.05, 4.69) is 29.1 Å². The van der Waals surface area contributed by atoms with Gasteiger partial charge in [-0.15, -0.1) is 0 Å². The van der Waals surface area contributed by atoms with Crippen LogP contribution in [0.1, 0.15) is 220 Å². The predicted octanol–water partition coefficient (Wildman–Crippen LogP) is 12.2. The van der Waals surface area contributed by atoms with Crippen LogP contribution >= 0.6 is 0 Å². The smallest absolute Gasteiger partial charge is 0.408 e. The number of carbonyl (C=O) groups excluding carboxylic acids is 3. The lowest BCUT2D eigenvalue weighted by atomic mass is 10.0. The normalized spacial score (nSPS) is 12.1. The molecule has 0 saturated carbocycles. The first-order valence-corrected chi connectivity index (χ1v) is 23.6. The summed E-state index contributed by atoms with van der Waals surface area (Å²) in [6.07, 6.45) is 39.3. The summed E-state index contributed by atoms with van der Waals surface area (Å²) < 4.78 is 16.5. The monoisotopic (exact) mass is 805 g/mol. The average molecular weight is 805 g/mol. The number of H-pyrrole nitrogens is 1. The Balaban J connectivity index is 2.42. The number of hydrogen-bond donors (Lipinski definition) is 2. The number of alkyl carbamates (subject to hydrolysis) is 1. The van der Waals surface area contributed by atoms with Gasteiger partial charge in [-0.1, -0.05) is 181 Å². The molecule has 0 aliphatic rings. The minimum absolute atomic E-state index is 0.00516. The second-order valence-corrected chi connectivity index (χ2v) is 17.3. The maximum absolute atomic E-state index is 13.3. The highest BCUT2D eigenvalue weighted by molar-refractivity contribution is 5.81. The van der Waals surface area contributed by atoms with E-state index in [9.17, 15) is 14.4 Å². The fourth-order valence-electron chi connectivity index (χ4n) is 7.17. The zero-order chi connectivity index (χ0) is 41.7. The van der Waals surface area contributed by atoms with E-state index in [1.54, 1.807) is 27.0 Å². The van der Waals surface area contributed by atoms with Gasteiger partial charge in [0.25, 0.3) is 0 Å². The van der Waals surface area contributed by atoms with E-state index in [1.165, 1.54) is 160 Å². The maximum atomic E-state index is 13.3. The molecule has 10 nitrogen and oxygen atoms in total. The van der Waals surface area contributed by atoms with Gasteiger partial charge in [-0.05, 0) is 33.6 Å². The molecule has 2 amide bonds. The van der Waals surface area contributed by atoms with Gasteiger partial charge < -0.3 is 29.4 Å². The Labute approximate surface area is 349 Å². The first-order valence-electron chi connectivity index (χ1n) is 23.6. The summed E-state index contributed by atoms with van der Waals surface area (Å²) in [4.78, 5) is 47.6. The lowest BCUT2D eigenvalue weighted by Gasteiger charge is -2.23. The first kappa shape index (κ1) is 52.4. The Morgan fingerprint density at radius 1 is 0.649 bits per heavy atom. The van der Waals surface area contributed by atoms with Crippen molar-refractivity contribution in [1.82, 2.24) is 20.2 Å². The molecule has 57 heavy (non-hydrogen) atoms. The van der Waals surface area contributed by atoms with Gasteiger partial charge in [0.1, 0.15) is 24.9 Å². The topological polar surface area (TPSA) is 123 Å². The number of esters is 1. The molecule has 0 radical (unpaired) electrons. The molecular formula is C47H88N4O6. The molecule has 1 aromatic heterocycles. The third-order valence-corrected chi connectivity index (χ3v) is 10.6. The van der Waals surface area contributed by atoms with Crippen LogP contribution < -0.4 is 5.32 Å². The van der Waals surface area contributed by atoms with E-state index >= 15 is 0 Å². The molecule has 0 aliphatic carbocycles. The number of hydrogen-bond acceptors (Lipinski definition) is 7. The summed E-state index contributed by atoms with van der Waals surface area (Å²) in [7, 11) is 0. The van der Waals surface area contributed by atoms with Gasteiger partial charge in [0, 0.05) is 31.4 Å². The van der Waals surface area contributed by atoms with E-state index in [4.69, 9.17) is 14.2 Å². The van der Waals surface area contributed by atoms with Crippen LogP contribution in [0.2, 0.25) is 0 Å². The number of carbonyl (C=O) groups is 3. The molecular weight excluding hydrogens is 717 g/mol. The van der Waals surface area contributed by atoms with Crippen molar-refractivity contribution in [3.63, 3.8) is 0 Å². The van der Waals surface area contributed by atoms with Gasteiger partial charge in [0.2, 0.25) is 5.91 Å². The number of aromatic nitrogens is 2. The predicted molar refractivity (Wildman–Crippen MR) is 234 cm³/mol. The third kappa shape index (κ3) is 33.0. The molecule has 0 spiro atoms. The van der Waals surface area contributed by atoms with E-state index < -0.39 is 23.7 Å². The summed E-state index contributed by atoms with van der Waals surface area (Å²) in [5, 5.41) is 2.61. The molecule has 0 aliphatic heterocycles. The molecule has 1 atom stereocenters. The Kier molecular flexibility index (Phi) is 33.5. The van der Waals surface area contributed by atoms with Crippen molar-refractivity contribution in [3.05, 3.63) is 18.2 Å². The Bertz CT molecular complexity index is 1040. The van der Waals surface area contributed by atoms with Crippen LogP contribution in [0.4, 0.5) is 4.79 Å². The maximum Gasteiger partial charge on any atom is 0.408 e. The SMILES string of the molecule is CCCCCCCCCCCCCCCCN(CCCCCCCCCCCCCCCC)C(=O)COCCOC(=O)C(Cc1cnc[nH]1)NC(=O)OC(C)(C)C. The van der Waals surface area contributed by atoms with E-state index in [0.29, 0.717) is 5.69 Å². The number of aromatic amines is 1. The Hall–Kier alpha value is -2.62. The second-order valence-electron chi connectivity index (χ2n) is 17.3. The third-order valence-electron chi connectivity index (χ3n) is 10.6. The van der Waals surface area contributed by atoms with E-state index in [-0.39, 0.29) is 32.1 Å². The van der Waals surface area contributed by atoms with Gasteiger partial charge in [0.05, 0.1) is 12.9 Å². The zero-order valence-electron chi connectivity index (χ0n) is 37.6. The average Bonchev–Trinajstić information content (AvgIpc) is 3.69. The summed E-state index contributed by atoms with van der Waals surface area (Å²) in [6, 6.07) is -0.965. The fraction of sp³-hybridized carbons (Fsp3) is 0.872. The van der Waals surface area contributed by atoms with Crippen LogP contribution in [-0.2, 0) is 30.2 Å². The van der Waals surface area contributed by atoms with Crippen molar-refractivity contribution < 1.29 is 28.6 Å². The van der Waals surface area contributed by atoms with Gasteiger partial charge in [-0.25, -0.2) is 14.6 Å². The van der Waals surface area contributed by atoms with Crippen molar-refractivity contribution in [2.45, 2.75) is 232 Å². The molecule has 0 saturated heterocycles. The molecule has 10 heteroatoms. The van der Waals surface area contributed by atoms with Crippen LogP contribution in [0.5, 0.6) is 0 Å². The lowest BCUT2D eigenvalue weighted by Crippen LogP contribution is -2.45. The van der Waals surface area contributed by atoms with Crippen molar-refractivity contribution in [2.75, 3.05) is 32.9 Å². The summed E-state index contributed by atoms with van der Waals surface area (Å²) in [5.41, 5.74) is -0.0350. The highest BCUT2D eigenvalue weighted by Crippen LogP contribution is 2.16. The first-order chi connectivity index (χ1) is 27.7. The number of amides is 2. The quantitative estimate of drug-likeness (QED) is 0.0502. The minimum Gasteiger partial charge on any atom is -0.462 e. The highest BCUT2D eigenvalue weighted by atomic mass is 16.6. The second kappa shape index (κ2) is 36.5. The molecule has 1 heterocycles. The zero-order valence-corrected chi connectivity index (χ0v) is 37.6. The lowest BCUT2D eigenvalue weighted by molar-refractivity contribution is -0.148. The number of imidazole rings is 1. The van der Waals surface area contributed by atoms with E-state index in [0.717, 1.165) is 38.8 Å². The van der Waals surface area contributed by atoms with Gasteiger partial charge >= 0.3 is 12.1 Å². The molecule has 332 valence electrons. The number of nitrogens with zero attached hydrogens (tertiary/aromatic N) is 2. The van der Waals surface area contributed by atoms with Gasteiger partial charge in [0.15, 0.2) is 0 Å². The van der Waals surface area contributed by atoms with Crippen molar-refractivity contribution in [2.24, 2.45) is 0 Å². The molecule has 2 N–H and O–H groups in total. The Morgan fingerprint density at radius 3 is 1.46 bits per heavy atom. The molecule has 0 aromatic carbocycles. The van der Waals surface area contributed by atoms with Crippen LogP contribution in [-0.4, -0.2) is 77.4 Å². The van der Waals surface area contributed by atoms with E-state index in [1.807, 2.05) is 4.90 Å². The highest BCUT2D eigenvalue weighted by Gasteiger charge is 2.26. The van der Waals surface area contributed by atoms with Gasteiger partial charge in [-0.2, -0.15) is 0 Å².